The Morgan fingerprint density at radius 3 is 2.29 bits per heavy atom. The standard InChI is InChI=1S/C12H25NSi/c1-5-12(14(3,4)6-2)13-10-8-7-9-11-13/h6,12H,2,5,7-11H2,1,3-4H3. The van der Waals surface area contributed by atoms with Gasteiger partial charge >= 0.3 is 0 Å². The van der Waals surface area contributed by atoms with Crippen LogP contribution in [0.15, 0.2) is 12.3 Å². The third-order valence-electron chi connectivity index (χ3n) is 3.60. The second-order valence-corrected chi connectivity index (χ2v) is 9.76. The Bertz CT molecular complexity index is 183. The van der Waals surface area contributed by atoms with Crippen molar-refractivity contribution in [3.63, 3.8) is 0 Å². The van der Waals surface area contributed by atoms with Gasteiger partial charge in [-0.25, -0.2) is 0 Å². The molecule has 82 valence electrons. The van der Waals surface area contributed by atoms with Gasteiger partial charge in [0.15, 0.2) is 0 Å². The van der Waals surface area contributed by atoms with Crippen LogP contribution in [0.4, 0.5) is 0 Å². The summed E-state index contributed by atoms with van der Waals surface area (Å²) < 4.78 is 0. The third-order valence-corrected chi connectivity index (χ3v) is 7.15. The molecule has 1 fully saturated rings. The van der Waals surface area contributed by atoms with Gasteiger partial charge in [0.25, 0.3) is 0 Å². The fourth-order valence-corrected chi connectivity index (χ4v) is 5.14. The molecule has 0 aliphatic carbocycles. The van der Waals surface area contributed by atoms with Gasteiger partial charge in [-0.15, -0.1) is 12.3 Å². The normalized spacial score (nSPS) is 21.9. The topological polar surface area (TPSA) is 3.24 Å². The Labute approximate surface area is 90.2 Å². The van der Waals surface area contributed by atoms with E-state index < -0.39 is 8.07 Å². The quantitative estimate of drug-likeness (QED) is 0.645. The first-order chi connectivity index (χ1) is 6.61. The molecular formula is C12H25NSi. The summed E-state index contributed by atoms with van der Waals surface area (Å²) in [6, 6.07) is 0. The molecule has 1 aliphatic heterocycles. The van der Waals surface area contributed by atoms with E-state index in [9.17, 15) is 0 Å². The van der Waals surface area contributed by atoms with Gasteiger partial charge in [0, 0.05) is 5.67 Å². The van der Waals surface area contributed by atoms with E-state index >= 15 is 0 Å². The molecule has 0 N–H and O–H groups in total. The maximum Gasteiger partial charge on any atom is 0.0893 e. The zero-order chi connectivity index (χ0) is 10.6. The van der Waals surface area contributed by atoms with Gasteiger partial charge in [-0.2, -0.15) is 0 Å². The van der Waals surface area contributed by atoms with E-state index in [4.69, 9.17) is 0 Å². The van der Waals surface area contributed by atoms with E-state index in [1.165, 1.54) is 38.8 Å². The first kappa shape index (κ1) is 12.0. The van der Waals surface area contributed by atoms with Gasteiger partial charge in [-0.3, -0.25) is 0 Å². The van der Waals surface area contributed by atoms with Crippen molar-refractivity contribution in [3.8, 4) is 0 Å². The summed E-state index contributed by atoms with van der Waals surface area (Å²) in [5.41, 5.74) is 3.08. The zero-order valence-corrected chi connectivity index (χ0v) is 11.1. The lowest BCUT2D eigenvalue weighted by Crippen LogP contribution is -2.53. The van der Waals surface area contributed by atoms with E-state index in [0.717, 1.165) is 5.67 Å². The van der Waals surface area contributed by atoms with Crippen molar-refractivity contribution in [1.82, 2.24) is 4.90 Å². The fraction of sp³-hybridized carbons (Fsp3) is 0.833. The molecule has 1 rings (SSSR count). The van der Waals surface area contributed by atoms with Crippen LogP contribution in [0.25, 0.3) is 0 Å². The van der Waals surface area contributed by atoms with E-state index in [-0.39, 0.29) is 0 Å². The summed E-state index contributed by atoms with van der Waals surface area (Å²) in [6.45, 7) is 13.9. The second kappa shape index (κ2) is 5.13. The molecule has 1 nitrogen and oxygen atoms in total. The van der Waals surface area contributed by atoms with Crippen LogP contribution in [0.5, 0.6) is 0 Å². The molecule has 14 heavy (non-hydrogen) atoms. The molecule has 1 unspecified atom stereocenters. The highest BCUT2D eigenvalue weighted by Crippen LogP contribution is 2.22. The van der Waals surface area contributed by atoms with Crippen LogP contribution in [0, 0.1) is 0 Å². The lowest BCUT2D eigenvalue weighted by atomic mass is 10.1. The first-order valence-electron chi connectivity index (χ1n) is 5.99. The van der Waals surface area contributed by atoms with Crippen molar-refractivity contribution in [3.05, 3.63) is 12.3 Å². The van der Waals surface area contributed by atoms with E-state index in [2.05, 4.69) is 37.2 Å². The predicted octanol–water partition coefficient (Wildman–Crippen LogP) is 3.22. The SMILES string of the molecule is C=C[Si](C)(C)C(CC)N1CCCCC1. The lowest BCUT2D eigenvalue weighted by Gasteiger charge is -2.41. The molecule has 2 heteroatoms. The molecule has 1 aliphatic rings. The molecule has 1 heterocycles. The maximum atomic E-state index is 4.03. The van der Waals surface area contributed by atoms with Gasteiger partial charge in [0.2, 0.25) is 0 Å². The summed E-state index contributed by atoms with van der Waals surface area (Å²) in [6.07, 6.45) is 5.53. The highest BCUT2D eigenvalue weighted by Gasteiger charge is 2.32. The molecule has 0 spiro atoms. The van der Waals surface area contributed by atoms with Crippen LogP contribution in [0.2, 0.25) is 13.1 Å². The molecule has 0 aromatic heterocycles. The average Bonchev–Trinajstić information content (AvgIpc) is 2.20. The van der Waals surface area contributed by atoms with Crippen LogP contribution < -0.4 is 0 Å². The van der Waals surface area contributed by atoms with Gasteiger partial charge < -0.3 is 4.90 Å². The Morgan fingerprint density at radius 1 is 1.29 bits per heavy atom. The number of likely N-dealkylation sites (tertiary alicyclic amines) is 1. The Balaban J connectivity index is 2.64. The maximum absolute atomic E-state index is 4.03. The summed E-state index contributed by atoms with van der Waals surface area (Å²) in [5, 5.41) is 0. The highest BCUT2D eigenvalue weighted by atomic mass is 28.3. The van der Waals surface area contributed by atoms with Gasteiger partial charge in [-0.05, 0) is 32.4 Å². The van der Waals surface area contributed by atoms with Crippen LogP contribution in [0.1, 0.15) is 32.6 Å². The van der Waals surface area contributed by atoms with Crippen LogP contribution in [0.3, 0.4) is 0 Å². The minimum atomic E-state index is -1.20. The molecule has 0 radical (unpaired) electrons. The van der Waals surface area contributed by atoms with Crippen molar-refractivity contribution in [1.29, 1.82) is 0 Å². The summed E-state index contributed by atoms with van der Waals surface area (Å²) in [4.78, 5) is 2.72. The number of rotatable bonds is 4. The van der Waals surface area contributed by atoms with Crippen molar-refractivity contribution >= 4 is 8.07 Å². The third kappa shape index (κ3) is 2.70. The van der Waals surface area contributed by atoms with Crippen LogP contribution >= 0.6 is 0 Å². The smallest absolute Gasteiger partial charge is 0.0893 e. The Hall–Kier alpha value is -0.0831. The minimum Gasteiger partial charge on any atom is -0.303 e. The lowest BCUT2D eigenvalue weighted by molar-refractivity contribution is 0.200. The van der Waals surface area contributed by atoms with Gasteiger partial charge in [0.1, 0.15) is 0 Å². The number of hydrogen-bond donors (Lipinski definition) is 0. The molecule has 1 atom stereocenters. The molecule has 1 saturated heterocycles. The number of piperidine rings is 1. The second-order valence-electron chi connectivity index (χ2n) is 5.05. The summed E-state index contributed by atoms with van der Waals surface area (Å²) >= 11 is 0. The first-order valence-corrected chi connectivity index (χ1v) is 9.15. The Kier molecular flexibility index (Phi) is 4.39. The molecule has 0 saturated carbocycles. The van der Waals surface area contributed by atoms with Crippen LogP contribution in [-0.4, -0.2) is 31.7 Å². The average molecular weight is 211 g/mol. The monoisotopic (exact) mass is 211 g/mol. The molecular weight excluding hydrogens is 186 g/mol. The number of hydrogen-bond acceptors (Lipinski definition) is 1. The van der Waals surface area contributed by atoms with Gasteiger partial charge in [-0.1, -0.05) is 26.4 Å². The molecule has 0 aromatic carbocycles. The Morgan fingerprint density at radius 2 is 1.86 bits per heavy atom. The summed E-state index contributed by atoms with van der Waals surface area (Å²) in [5.74, 6) is 0. The highest BCUT2D eigenvalue weighted by molar-refractivity contribution is 6.83. The van der Waals surface area contributed by atoms with E-state index in [0.29, 0.717) is 0 Å². The molecule has 0 aromatic rings. The van der Waals surface area contributed by atoms with Crippen molar-refractivity contribution in [2.45, 2.75) is 51.4 Å². The number of nitrogens with zero attached hydrogens (tertiary/aromatic N) is 1. The minimum absolute atomic E-state index is 0.820. The van der Waals surface area contributed by atoms with Crippen molar-refractivity contribution < 1.29 is 0 Å². The summed E-state index contributed by atoms with van der Waals surface area (Å²) in [7, 11) is -1.20. The van der Waals surface area contributed by atoms with Gasteiger partial charge in [0.05, 0.1) is 8.07 Å². The molecule has 0 bridgehead atoms. The van der Waals surface area contributed by atoms with E-state index in [1.807, 2.05) is 0 Å². The zero-order valence-electron chi connectivity index (χ0n) is 10.1. The van der Waals surface area contributed by atoms with E-state index in [1.54, 1.807) is 0 Å². The fourth-order valence-electron chi connectivity index (χ4n) is 2.62. The van der Waals surface area contributed by atoms with Crippen molar-refractivity contribution in [2.24, 2.45) is 0 Å². The predicted molar refractivity (Wildman–Crippen MR) is 67.2 cm³/mol. The molecule has 0 amide bonds. The largest absolute Gasteiger partial charge is 0.303 e. The van der Waals surface area contributed by atoms with Crippen LogP contribution in [-0.2, 0) is 0 Å². The van der Waals surface area contributed by atoms with Crippen molar-refractivity contribution in [2.75, 3.05) is 13.1 Å².